The van der Waals surface area contributed by atoms with Gasteiger partial charge in [0, 0.05) is 16.6 Å². The van der Waals surface area contributed by atoms with Crippen molar-refractivity contribution < 1.29 is 9.18 Å². The van der Waals surface area contributed by atoms with E-state index in [0.717, 1.165) is 5.56 Å². The predicted octanol–water partition coefficient (Wildman–Crippen LogP) is 4.15. The van der Waals surface area contributed by atoms with E-state index in [-0.39, 0.29) is 17.8 Å². The van der Waals surface area contributed by atoms with E-state index < -0.39 is 0 Å². The molecule has 0 heterocycles. The van der Waals surface area contributed by atoms with Crippen molar-refractivity contribution in [2.75, 3.05) is 0 Å². The number of rotatable bonds is 4. The minimum atomic E-state index is -0.307. The van der Waals surface area contributed by atoms with Crippen LogP contribution in [0.1, 0.15) is 28.4 Å². The summed E-state index contributed by atoms with van der Waals surface area (Å²) >= 11 is 5.94. The van der Waals surface area contributed by atoms with Crippen LogP contribution in [0.5, 0.6) is 0 Å². The summed E-state index contributed by atoms with van der Waals surface area (Å²) < 4.78 is 13.2. The lowest BCUT2D eigenvalue weighted by Gasteiger charge is -2.14. The lowest BCUT2D eigenvalue weighted by Crippen LogP contribution is -2.34. The first-order valence-corrected chi connectivity index (χ1v) is 7.15. The second-order valence-corrected chi connectivity index (χ2v) is 5.61. The number of hydrogen-bond acceptors (Lipinski definition) is 1. The normalized spacial score (nSPS) is 12.0. The first-order valence-electron chi connectivity index (χ1n) is 6.77. The highest BCUT2D eigenvalue weighted by Crippen LogP contribution is 2.13. The van der Waals surface area contributed by atoms with Crippen molar-refractivity contribution in [3.8, 4) is 0 Å². The Hall–Kier alpha value is -1.87. The number of hydrogen-bond donors (Lipinski definition) is 1. The van der Waals surface area contributed by atoms with Crippen molar-refractivity contribution in [3.63, 3.8) is 0 Å². The third-order valence-electron chi connectivity index (χ3n) is 3.23. The molecule has 2 aromatic rings. The van der Waals surface area contributed by atoms with E-state index in [9.17, 15) is 9.18 Å². The van der Waals surface area contributed by atoms with E-state index in [1.807, 2.05) is 31.2 Å². The Labute approximate surface area is 128 Å². The number of carbonyl (C=O) groups is 1. The maximum Gasteiger partial charge on any atom is 0.251 e. The monoisotopic (exact) mass is 305 g/mol. The maximum atomic E-state index is 13.2. The number of amides is 1. The molecule has 1 atom stereocenters. The number of aryl methyl sites for hydroxylation is 1. The molecular weight excluding hydrogens is 289 g/mol. The number of carbonyl (C=O) groups excluding carboxylic acids is 1. The lowest BCUT2D eigenvalue weighted by molar-refractivity contribution is 0.0940. The second-order valence-electron chi connectivity index (χ2n) is 5.17. The van der Waals surface area contributed by atoms with Gasteiger partial charge in [0.05, 0.1) is 0 Å². The predicted molar refractivity (Wildman–Crippen MR) is 83.2 cm³/mol. The molecule has 0 saturated carbocycles. The average molecular weight is 306 g/mol. The van der Waals surface area contributed by atoms with Crippen LogP contribution in [0.2, 0.25) is 5.02 Å². The Morgan fingerprint density at radius 3 is 2.71 bits per heavy atom. The van der Waals surface area contributed by atoms with Gasteiger partial charge in [0.1, 0.15) is 5.82 Å². The van der Waals surface area contributed by atoms with E-state index in [1.54, 1.807) is 13.0 Å². The molecule has 2 nitrogen and oxygen atoms in total. The zero-order valence-electron chi connectivity index (χ0n) is 12.0. The minimum Gasteiger partial charge on any atom is -0.349 e. The van der Waals surface area contributed by atoms with Crippen LogP contribution in [-0.4, -0.2) is 11.9 Å². The van der Waals surface area contributed by atoms with Gasteiger partial charge >= 0.3 is 0 Å². The number of benzene rings is 2. The molecule has 0 aliphatic carbocycles. The summed E-state index contributed by atoms with van der Waals surface area (Å²) in [7, 11) is 0. The average Bonchev–Trinajstić information content (AvgIpc) is 2.41. The van der Waals surface area contributed by atoms with Crippen molar-refractivity contribution in [1.29, 1.82) is 0 Å². The van der Waals surface area contributed by atoms with Gasteiger partial charge in [0.15, 0.2) is 0 Å². The van der Waals surface area contributed by atoms with Crippen LogP contribution < -0.4 is 5.32 Å². The largest absolute Gasteiger partial charge is 0.349 e. The highest BCUT2D eigenvalue weighted by atomic mass is 35.5. The summed E-state index contributed by atoms with van der Waals surface area (Å²) in [6.07, 6.45) is 0.687. The van der Waals surface area contributed by atoms with Crippen LogP contribution in [0.3, 0.4) is 0 Å². The van der Waals surface area contributed by atoms with Crippen LogP contribution in [0.25, 0.3) is 0 Å². The van der Waals surface area contributed by atoms with Crippen molar-refractivity contribution in [3.05, 3.63) is 70.0 Å². The quantitative estimate of drug-likeness (QED) is 0.903. The van der Waals surface area contributed by atoms with Gasteiger partial charge in [-0.25, -0.2) is 4.39 Å². The molecule has 0 fully saturated rings. The Morgan fingerprint density at radius 1 is 1.29 bits per heavy atom. The third-order valence-corrected chi connectivity index (χ3v) is 3.46. The second kappa shape index (κ2) is 6.72. The van der Waals surface area contributed by atoms with Crippen molar-refractivity contribution in [2.24, 2.45) is 0 Å². The zero-order chi connectivity index (χ0) is 15.4. The third kappa shape index (κ3) is 4.30. The fraction of sp³-hybridized carbons (Fsp3) is 0.235. The molecule has 0 spiro atoms. The molecule has 0 radical (unpaired) electrons. The fourth-order valence-corrected chi connectivity index (χ4v) is 2.37. The van der Waals surface area contributed by atoms with E-state index in [0.29, 0.717) is 22.6 Å². The Morgan fingerprint density at radius 2 is 2.05 bits per heavy atom. The van der Waals surface area contributed by atoms with Gasteiger partial charge in [-0.3, -0.25) is 4.79 Å². The van der Waals surface area contributed by atoms with Gasteiger partial charge in [0.25, 0.3) is 5.91 Å². The summed E-state index contributed by atoms with van der Waals surface area (Å²) in [4.78, 5) is 12.1. The van der Waals surface area contributed by atoms with E-state index >= 15 is 0 Å². The maximum absolute atomic E-state index is 13.2. The van der Waals surface area contributed by atoms with Gasteiger partial charge in [0.2, 0.25) is 0 Å². The first kappa shape index (κ1) is 15.5. The van der Waals surface area contributed by atoms with Crippen LogP contribution in [0, 0.1) is 12.7 Å². The van der Waals surface area contributed by atoms with Gasteiger partial charge in [-0.05, 0) is 61.7 Å². The molecule has 0 bridgehead atoms. The SMILES string of the molecule is Cc1cc(C(=O)NC(C)Cc2cccc(Cl)c2)ccc1F. The standard InChI is InChI=1S/C17H17ClFNO/c1-11-8-14(6-7-16(11)19)17(21)20-12(2)9-13-4-3-5-15(18)10-13/h3-8,10,12H,9H2,1-2H3,(H,20,21). The summed E-state index contributed by atoms with van der Waals surface area (Å²) in [6.45, 7) is 3.57. The topological polar surface area (TPSA) is 29.1 Å². The molecule has 0 aromatic heterocycles. The summed E-state index contributed by atoms with van der Waals surface area (Å²) in [5.41, 5.74) is 1.99. The van der Waals surface area contributed by atoms with E-state index in [2.05, 4.69) is 5.32 Å². The molecular formula is C17H17ClFNO. The molecule has 2 aromatic carbocycles. The summed E-state index contributed by atoms with van der Waals surface area (Å²) in [6, 6.07) is 11.9. The van der Waals surface area contributed by atoms with Crippen LogP contribution >= 0.6 is 11.6 Å². The van der Waals surface area contributed by atoms with E-state index in [1.165, 1.54) is 12.1 Å². The van der Waals surface area contributed by atoms with Gasteiger partial charge in [-0.2, -0.15) is 0 Å². The highest BCUT2D eigenvalue weighted by Gasteiger charge is 2.11. The molecule has 0 saturated heterocycles. The first-order chi connectivity index (χ1) is 9.95. The summed E-state index contributed by atoms with van der Waals surface area (Å²) in [5.74, 6) is -0.508. The summed E-state index contributed by atoms with van der Waals surface area (Å²) in [5, 5.41) is 3.59. The van der Waals surface area contributed by atoms with Crippen molar-refractivity contribution >= 4 is 17.5 Å². The lowest BCUT2D eigenvalue weighted by atomic mass is 10.1. The highest BCUT2D eigenvalue weighted by molar-refractivity contribution is 6.30. The molecule has 1 N–H and O–H groups in total. The van der Waals surface area contributed by atoms with Crippen LogP contribution in [0.4, 0.5) is 4.39 Å². The van der Waals surface area contributed by atoms with Crippen LogP contribution in [-0.2, 0) is 6.42 Å². The molecule has 1 unspecified atom stereocenters. The molecule has 4 heteroatoms. The fourth-order valence-electron chi connectivity index (χ4n) is 2.16. The minimum absolute atomic E-state index is 0.0404. The Kier molecular flexibility index (Phi) is 4.97. The molecule has 2 rings (SSSR count). The molecule has 0 aliphatic heterocycles. The molecule has 0 aliphatic rings. The van der Waals surface area contributed by atoms with Gasteiger partial charge in [-0.15, -0.1) is 0 Å². The number of halogens is 2. The molecule has 21 heavy (non-hydrogen) atoms. The molecule has 110 valence electrons. The zero-order valence-corrected chi connectivity index (χ0v) is 12.7. The smallest absolute Gasteiger partial charge is 0.251 e. The Balaban J connectivity index is 2.00. The molecule has 1 amide bonds. The van der Waals surface area contributed by atoms with Crippen molar-refractivity contribution in [1.82, 2.24) is 5.32 Å². The van der Waals surface area contributed by atoms with Crippen LogP contribution in [0.15, 0.2) is 42.5 Å². The van der Waals surface area contributed by atoms with E-state index in [4.69, 9.17) is 11.6 Å². The van der Waals surface area contributed by atoms with Gasteiger partial charge in [-0.1, -0.05) is 23.7 Å². The van der Waals surface area contributed by atoms with Gasteiger partial charge < -0.3 is 5.32 Å². The number of nitrogens with one attached hydrogen (secondary N) is 1. The van der Waals surface area contributed by atoms with Crippen molar-refractivity contribution in [2.45, 2.75) is 26.3 Å². The Bertz CT molecular complexity index is 657.